The Hall–Kier alpha value is -3.58. The Balaban J connectivity index is 1.62. The van der Waals surface area contributed by atoms with Gasteiger partial charge in [-0.15, -0.1) is 5.10 Å². The molecule has 0 saturated carbocycles. The van der Waals surface area contributed by atoms with Crippen LogP contribution in [0.3, 0.4) is 0 Å². The number of aromatic nitrogens is 4. The average Bonchev–Trinajstić information content (AvgIpc) is 3.17. The maximum Gasteiger partial charge on any atom is 0.322 e. The summed E-state index contributed by atoms with van der Waals surface area (Å²) >= 11 is 6.24. The molecule has 0 amide bonds. The van der Waals surface area contributed by atoms with Gasteiger partial charge in [0.1, 0.15) is 11.5 Å². The van der Waals surface area contributed by atoms with Crippen molar-refractivity contribution in [3.8, 4) is 28.6 Å². The van der Waals surface area contributed by atoms with Crippen molar-refractivity contribution >= 4 is 23.2 Å². The quantitative estimate of drug-likeness (QED) is 0.350. The van der Waals surface area contributed by atoms with Gasteiger partial charge in [-0.25, -0.2) is 4.68 Å². The molecule has 0 fully saturated rings. The molecule has 0 bridgehead atoms. The van der Waals surface area contributed by atoms with E-state index in [0.717, 1.165) is 28.3 Å². The van der Waals surface area contributed by atoms with Crippen molar-refractivity contribution in [2.75, 3.05) is 12.4 Å². The molecule has 1 N–H and O–H groups in total. The van der Waals surface area contributed by atoms with Crippen molar-refractivity contribution in [2.45, 2.75) is 26.8 Å². The number of nitrogens with one attached hydrogen (secondary N) is 1. The molecule has 164 valence electrons. The van der Waals surface area contributed by atoms with Gasteiger partial charge >= 0.3 is 6.01 Å². The van der Waals surface area contributed by atoms with Crippen LogP contribution in [0.25, 0.3) is 11.1 Å². The molecule has 0 aliphatic rings. The number of ether oxygens (including phenoxy) is 2. The van der Waals surface area contributed by atoms with Gasteiger partial charge < -0.3 is 14.8 Å². The topological polar surface area (TPSA) is 74.1 Å². The van der Waals surface area contributed by atoms with Gasteiger partial charge in [-0.3, -0.25) is 4.98 Å². The van der Waals surface area contributed by atoms with Crippen LogP contribution in [-0.4, -0.2) is 26.9 Å². The first kappa shape index (κ1) is 21.6. The fraction of sp³-hybridized carbons (Fsp3) is 0.208. The first-order valence-corrected chi connectivity index (χ1v) is 10.6. The zero-order chi connectivity index (χ0) is 22.7. The van der Waals surface area contributed by atoms with Crippen molar-refractivity contribution in [1.29, 1.82) is 0 Å². The SMILES string of the molecule is COc1cc(Nc2nc(Oc3ccccc3Cl)n(C(C)C)n2)ccc1-c1ccnc(C)c1. The number of rotatable bonds is 7. The number of halogens is 1. The standard InChI is InChI=1S/C24H24ClN5O2/c1-15(2)30-24(32-21-8-6-5-7-20(21)25)28-23(29-30)27-18-9-10-19(22(14-18)31-4)17-11-12-26-16(3)13-17/h5-15H,1-4H3,(H,27,29). The largest absolute Gasteiger partial charge is 0.496 e. The molecule has 0 aliphatic carbocycles. The fourth-order valence-corrected chi connectivity index (χ4v) is 3.42. The Bertz CT molecular complexity index is 1240. The van der Waals surface area contributed by atoms with E-state index in [0.29, 0.717) is 22.7 Å². The Morgan fingerprint density at radius 1 is 1.03 bits per heavy atom. The highest BCUT2D eigenvalue weighted by Crippen LogP contribution is 2.34. The van der Waals surface area contributed by atoms with Gasteiger partial charge in [-0.2, -0.15) is 4.98 Å². The molecule has 0 aliphatic heterocycles. The molecule has 2 heterocycles. The summed E-state index contributed by atoms with van der Waals surface area (Å²) in [5.41, 5.74) is 3.76. The summed E-state index contributed by atoms with van der Waals surface area (Å²) in [7, 11) is 1.65. The number of nitrogens with zero attached hydrogens (tertiary/aromatic N) is 4. The Labute approximate surface area is 192 Å². The number of anilines is 2. The van der Waals surface area contributed by atoms with E-state index in [1.807, 2.05) is 63.2 Å². The van der Waals surface area contributed by atoms with E-state index in [1.54, 1.807) is 30.1 Å². The van der Waals surface area contributed by atoms with Crippen LogP contribution in [0.5, 0.6) is 17.5 Å². The fourth-order valence-electron chi connectivity index (χ4n) is 3.24. The van der Waals surface area contributed by atoms with E-state index in [1.165, 1.54) is 0 Å². The van der Waals surface area contributed by atoms with Crippen molar-refractivity contribution in [3.05, 3.63) is 71.5 Å². The van der Waals surface area contributed by atoms with E-state index in [4.69, 9.17) is 21.1 Å². The monoisotopic (exact) mass is 449 g/mol. The van der Waals surface area contributed by atoms with Crippen molar-refractivity contribution in [2.24, 2.45) is 0 Å². The van der Waals surface area contributed by atoms with E-state index < -0.39 is 0 Å². The molecular weight excluding hydrogens is 426 g/mol. The normalized spacial score (nSPS) is 10.9. The second-order valence-electron chi connectivity index (χ2n) is 7.51. The first-order chi connectivity index (χ1) is 15.4. The predicted octanol–water partition coefficient (Wildman–Crippen LogP) is 6.43. The van der Waals surface area contributed by atoms with Crippen molar-refractivity contribution in [1.82, 2.24) is 19.7 Å². The smallest absolute Gasteiger partial charge is 0.322 e. The van der Waals surface area contributed by atoms with Crippen molar-refractivity contribution in [3.63, 3.8) is 0 Å². The number of hydrogen-bond acceptors (Lipinski definition) is 6. The summed E-state index contributed by atoms with van der Waals surface area (Å²) in [4.78, 5) is 8.78. The van der Waals surface area contributed by atoms with Gasteiger partial charge in [-0.1, -0.05) is 23.7 Å². The third-order valence-electron chi connectivity index (χ3n) is 4.79. The van der Waals surface area contributed by atoms with Crippen LogP contribution < -0.4 is 14.8 Å². The molecular formula is C24H24ClN5O2. The minimum Gasteiger partial charge on any atom is -0.496 e. The molecule has 4 rings (SSSR count). The molecule has 0 atom stereocenters. The van der Waals surface area contributed by atoms with Gasteiger partial charge in [0, 0.05) is 29.2 Å². The second kappa shape index (κ2) is 9.28. The van der Waals surface area contributed by atoms with Gasteiger partial charge in [0.25, 0.3) is 0 Å². The summed E-state index contributed by atoms with van der Waals surface area (Å²) in [5.74, 6) is 1.67. The highest BCUT2D eigenvalue weighted by Gasteiger charge is 2.17. The lowest BCUT2D eigenvalue weighted by atomic mass is 10.0. The minimum atomic E-state index is 0.0439. The molecule has 32 heavy (non-hydrogen) atoms. The molecule has 4 aromatic rings. The van der Waals surface area contributed by atoms with Gasteiger partial charge in [-0.05, 0) is 62.7 Å². The third-order valence-corrected chi connectivity index (χ3v) is 5.10. The second-order valence-corrected chi connectivity index (χ2v) is 7.92. The highest BCUT2D eigenvalue weighted by atomic mass is 35.5. The number of hydrogen-bond donors (Lipinski definition) is 1. The number of para-hydroxylation sites is 1. The molecule has 0 radical (unpaired) electrons. The zero-order valence-corrected chi connectivity index (χ0v) is 19.1. The summed E-state index contributed by atoms with van der Waals surface area (Å²) in [6.45, 7) is 5.98. The summed E-state index contributed by atoms with van der Waals surface area (Å²) < 4.78 is 13.3. The molecule has 2 aromatic carbocycles. The number of aryl methyl sites for hydroxylation is 1. The van der Waals surface area contributed by atoms with E-state index in [-0.39, 0.29) is 6.04 Å². The Kier molecular flexibility index (Phi) is 6.28. The zero-order valence-electron chi connectivity index (χ0n) is 18.3. The maximum absolute atomic E-state index is 6.24. The summed E-state index contributed by atoms with van der Waals surface area (Å²) in [6, 6.07) is 17.5. The lowest BCUT2D eigenvalue weighted by molar-refractivity contribution is 0.376. The van der Waals surface area contributed by atoms with Crippen LogP contribution in [0.1, 0.15) is 25.6 Å². The van der Waals surface area contributed by atoms with Crippen LogP contribution in [0.2, 0.25) is 5.02 Å². The van der Waals surface area contributed by atoms with Crippen LogP contribution in [0.15, 0.2) is 60.8 Å². The van der Waals surface area contributed by atoms with Gasteiger partial charge in [0.05, 0.1) is 18.2 Å². The molecule has 0 spiro atoms. The van der Waals surface area contributed by atoms with Gasteiger partial charge in [0.2, 0.25) is 5.95 Å². The number of pyridine rings is 1. The summed E-state index contributed by atoms with van der Waals surface area (Å²) in [6.07, 6.45) is 1.79. The molecule has 7 nitrogen and oxygen atoms in total. The Morgan fingerprint density at radius 3 is 2.56 bits per heavy atom. The molecule has 0 saturated heterocycles. The lowest BCUT2D eigenvalue weighted by Gasteiger charge is -2.11. The summed E-state index contributed by atoms with van der Waals surface area (Å²) in [5, 5.41) is 8.30. The van der Waals surface area contributed by atoms with E-state index >= 15 is 0 Å². The Morgan fingerprint density at radius 2 is 1.84 bits per heavy atom. The molecule has 2 aromatic heterocycles. The van der Waals surface area contributed by atoms with Crippen LogP contribution in [0, 0.1) is 6.92 Å². The molecule has 8 heteroatoms. The van der Waals surface area contributed by atoms with Gasteiger partial charge in [0.15, 0.2) is 0 Å². The first-order valence-electron chi connectivity index (χ1n) is 10.2. The van der Waals surface area contributed by atoms with Crippen LogP contribution >= 0.6 is 11.6 Å². The maximum atomic E-state index is 6.24. The van der Waals surface area contributed by atoms with E-state index in [2.05, 4.69) is 20.4 Å². The average molecular weight is 450 g/mol. The number of methoxy groups -OCH3 is 1. The van der Waals surface area contributed by atoms with E-state index in [9.17, 15) is 0 Å². The number of benzene rings is 2. The van der Waals surface area contributed by atoms with Crippen LogP contribution in [-0.2, 0) is 0 Å². The van der Waals surface area contributed by atoms with Crippen LogP contribution in [0.4, 0.5) is 11.6 Å². The third kappa shape index (κ3) is 4.68. The minimum absolute atomic E-state index is 0.0439. The predicted molar refractivity (Wildman–Crippen MR) is 126 cm³/mol. The lowest BCUT2D eigenvalue weighted by Crippen LogP contribution is -2.05. The highest BCUT2D eigenvalue weighted by molar-refractivity contribution is 6.32. The molecule has 0 unspecified atom stereocenters. The van der Waals surface area contributed by atoms with Crippen molar-refractivity contribution < 1.29 is 9.47 Å².